The van der Waals surface area contributed by atoms with E-state index in [1.165, 1.54) is 30.7 Å². The highest BCUT2D eigenvalue weighted by atomic mass is 16.5. The molecule has 1 aromatic heterocycles. The van der Waals surface area contributed by atoms with Gasteiger partial charge >= 0.3 is 0 Å². The molecule has 0 bridgehead atoms. The van der Waals surface area contributed by atoms with Gasteiger partial charge in [-0.1, -0.05) is 17.3 Å². The number of nitrogens with zero attached hydrogens (tertiary/aromatic N) is 4. The van der Waals surface area contributed by atoms with Gasteiger partial charge in [-0.05, 0) is 82.3 Å². The first-order chi connectivity index (χ1) is 19.0. The number of aromatic nitrogens is 3. The number of carbonyl (C=O) groups excluding carboxylic acids is 3. The molecule has 0 aliphatic carbocycles. The minimum Gasteiger partial charge on any atom is -0.497 e. The lowest BCUT2D eigenvalue weighted by Crippen LogP contribution is -2.50. The Kier molecular flexibility index (Phi) is 8.18. The van der Waals surface area contributed by atoms with Crippen molar-refractivity contribution in [3.05, 3.63) is 77.9 Å². The number of carbonyl (C=O) groups is 3. The predicted octanol–water partition coefficient (Wildman–Crippen LogP) is 4.34. The third-order valence-corrected chi connectivity index (χ3v) is 6.26. The van der Waals surface area contributed by atoms with Crippen LogP contribution < -0.4 is 19.7 Å². The molecule has 0 aliphatic heterocycles. The molecule has 0 radical (unpaired) electrons. The topological polar surface area (TPSA) is 116 Å². The monoisotopic (exact) mass is 543 g/mol. The average molecular weight is 544 g/mol. The summed E-state index contributed by atoms with van der Waals surface area (Å²) < 4.78 is 12.6. The van der Waals surface area contributed by atoms with Crippen LogP contribution in [0.2, 0.25) is 0 Å². The van der Waals surface area contributed by atoms with Gasteiger partial charge in [0.05, 0.1) is 19.7 Å². The quantitative estimate of drug-likeness (QED) is 0.312. The normalized spacial score (nSPS) is 12.1. The lowest BCUT2D eigenvalue weighted by atomic mass is 9.99. The van der Waals surface area contributed by atoms with Crippen molar-refractivity contribution in [3.8, 4) is 11.5 Å². The van der Waals surface area contributed by atoms with Crippen LogP contribution >= 0.6 is 0 Å². The molecule has 0 saturated heterocycles. The fraction of sp³-hybridized carbons (Fsp3) is 0.300. The largest absolute Gasteiger partial charge is 0.497 e. The minimum atomic E-state index is -1.16. The fourth-order valence-corrected chi connectivity index (χ4v) is 4.42. The number of hydrogen-bond donors (Lipinski definition) is 1. The Morgan fingerprint density at radius 2 is 1.68 bits per heavy atom. The van der Waals surface area contributed by atoms with Crippen molar-refractivity contribution in [3.63, 3.8) is 0 Å². The van der Waals surface area contributed by atoms with Gasteiger partial charge in [0.2, 0.25) is 11.8 Å². The van der Waals surface area contributed by atoms with E-state index in [0.717, 1.165) is 0 Å². The van der Waals surface area contributed by atoms with Crippen LogP contribution in [0.5, 0.6) is 11.5 Å². The maximum Gasteiger partial charge on any atom is 0.249 e. The van der Waals surface area contributed by atoms with Crippen LogP contribution in [0.3, 0.4) is 0 Å². The van der Waals surface area contributed by atoms with E-state index in [4.69, 9.17) is 9.47 Å². The van der Waals surface area contributed by atoms with Crippen molar-refractivity contribution in [2.45, 2.75) is 45.8 Å². The van der Waals surface area contributed by atoms with E-state index in [1.807, 2.05) is 45.0 Å². The summed E-state index contributed by atoms with van der Waals surface area (Å²) in [5, 5.41) is 11.3. The Morgan fingerprint density at radius 3 is 2.30 bits per heavy atom. The van der Waals surface area contributed by atoms with Crippen molar-refractivity contribution in [2.24, 2.45) is 0 Å². The number of anilines is 1. The molecule has 4 aromatic rings. The summed E-state index contributed by atoms with van der Waals surface area (Å²) >= 11 is 0. The van der Waals surface area contributed by atoms with Crippen LogP contribution in [0.4, 0.5) is 5.69 Å². The summed E-state index contributed by atoms with van der Waals surface area (Å²) in [7, 11) is 3.02. The van der Waals surface area contributed by atoms with Gasteiger partial charge in [0, 0.05) is 22.4 Å². The van der Waals surface area contributed by atoms with Crippen molar-refractivity contribution in [1.82, 2.24) is 20.3 Å². The first kappa shape index (κ1) is 28.3. The Hall–Kier alpha value is -4.73. The second-order valence-electron chi connectivity index (χ2n) is 10.4. The molecular weight excluding hydrogens is 510 g/mol. The zero-order chi connectivity index (χ0) is 29.0. The summed E-state index contributed by atoms with van der Waals surface area (Å²) in [6.45, 7) is 6.86. The molecule has 10 nitrogen and oxygen atoms in total. The van der Waals surface area contributed by atoms with E-state index >= 15 is 0 Å². The summed E-state index contributed by atoms with van der Waals surface area (Å²) in [5.74, 6) is -0.0724. The zero-order valence-corrected chi connectivity index (χ0v) is 23.5. The molecule has 3 aromatic carbocycles. The maximum absolute atomic E-state index is 14.2. The third-order valence-electron chi connectivity index (χ3n) is 6.26. The van der Waals surface area contributed by atoms with Gasteiger partial charge in [-0.3, -0.25) is 19.3 Å². The fourth-order valence-electron chi connectivity index (χ4n) is 4.42. The van der Waals surface area contributed by atoms with E-state index in [2.05, 4.69) is 15.6 Å². The number of ether oxygens (including phenoxy) is 2. The Bertz CT molecular complexity index is 1540. The standard InChI is InChI=1S/C30H33N5O5/c1-19(36)20-11-13-21(14-12-20)35(27(37)18-34-25-10-8-7-9-24(25)32-33-34)28(29(38)31-30(2,3)4)23-17-22(39-5)15-16-26(23)40-6/h7-17,28H,18H2,1-6H3,(H,31,38)/t28-/m1/s1. The Balaban J connectivity index is 1.91. The van der Waals surface area contributed by atoms with E-state index < -0.39 is 23.4 Å². The molecule has 10 heteroatoms. The summed E-state index contributed by atoms with van der Waals surface area (Å²) in [6, 6.07) is 17.8. The summed E-state index contributed by atoms with van der Waals surface area (Å²) in [4.78, 5) is 41.7. The number of nitrogens with one attached hydrogen (secondary N) is 1. The highest BCUT2D eigenvalue weighted by Gasteiger charge is 2.37. The van der Waals surface area contributed by atoms with Gasteiger partial charge in [-0.25, -0.2) is 4.68 Å². The molecule has 0 fully saturated rings. The molecule has 1 atom stereocenters. The number of rotatable bonds is 9. The Morgan fingerprint density at radius 1 is 0.975 bits per heavy atom. The van der Waals surface area contributed by atoms with Crippen molar-refractivity contribution >= 4 is 34.3 Å². The van der Waals surface area contributed by atoms with E-state index in [0.29, 0.717) is 39.3 Å². The summed E-state index contributed by atoms with van der Waals surface area (Å²) in [5.41, 5.74) is 2.04. The van der Waals surface area contributed by atoms with Crippen LogP contribution in [-0.2, 0) is 16.1 Å². The van der Waals surface area contributed by atoms with E-state index in [1.54, 1.807) is 42.5 Å². The number of hydrogen-bond acceptors (Lipinski definition) is 7. The smallest absolute Gasteiger partial charge is 0.249 e. The number of amides is 2. The number of benzene rings is 3. The molecule has 1 N–H and O–H groups in total. The molecule has 208 valence electrons. The SMILES string of the molecule is COc1ccc(OC)c([C@H](C(=O)NC(C)(C)C)N(C(=O)Cn2nnc3ccccc32)c2ccc(C(C)=O)cc2)c1. The number of fused-ring (bicyclic) bond motifs is 1. The van der Waals surface area contributed by atoms with Crippen molar-refractivity contribution in [2.75, 3.05) is 19.1 Å². The Labute approximate surface area is 232 Å². The van der Waals surface area contributed by atoms with Gasteiger partial charge < -0.3 is 14.8 Å². The first-order valence-electron chi connectivity index (χ1n) is 12.8. The lowest BCUT2D eigenvalue weighted by Gasteiger charge is -2.34. The first-order valence-corrected chi connectivity index (χ1v) is 12.8. The number of ketones is 1. The van der Waals surface area contributed by atoms with Gasteiger partial charge in [0.25, 0.3) is 0 Å². The lowest BCUT2D eigenvalue weighted by molar-refractivity contribution is -0.128. The van der Waals surface area contributed by atoms with Crippen LogP contribution in [0.25, 0.3) is 11.0 Å². The van der Waals surface area contributed by atoms with E-state index in [9.17, 15) is 14.4 Å². The highest BCUT2D eigenvalue weighted by molar-refractivity contribution is 6.02. The van der Waals surface area contributed by atoms with Crippen molar-refractivity contribution in [1.29, 1.82) is 0 Å². The average Bonchev–Trinajstić information content (AvgIpc) is 3.32. The molecule has 0 spiro atoms. The third kappa shape index (κ3) is 6.12. The zero-order valence-electron chi connectivity index (χ0n) is 23.5. The van der Waals surface area contributed by atoms with Gasteiger partial charge in [0.15, 0.2) is 5.78 Å². The molecule has 4 rings (SSSR count). The second kappa shape index (κ2) is 11.6. The molecule has 0 unspecified atom stereocenters. The van der Waals surface area contributed by atoms with Crippen molar-refractivity contribution < 1.29 is 23.9 Å². The number of Topliss-reactive ketones (excluding diaryl/α,β-unsaturated/α-hetero) is 1. The molecule has 2 amide bonds. The van der Waals surface area contributed by atoms with Gasteiger partial charge in [-0.2, -0.15) is 0 Å². The summed E-state index contributed by atoms with van der Waals surface area (Å²) in [6.07, 6.45) is 0. The van der Waals surface area contributed by atoms with Gasteiger partial charge in [0.1, 0.15) is 29.6 Å². The van der Waals surface area contributed by atoms with Crippen LogP contribution in [0.1, 0.15) is 49.7 Å². The second-order valence-corrected chi connectivity index (χ2v) is 10.4. The van der Waals surface area contributed by atoms with Gasteiger partial charge in [-0.15, -0.1) is 5.10 Å². The minimum absolute atomic E-state index is 0.116. The molecule has 1 heterocycles. The molecule has 0 aliphatic rings. The molecular formula is C30H33N5O5. The predicted molar refractivity (Wildman–Crippen MR) is 152 cm³/mol. The molecule has 40 heavy (non-hydrogen) atoms. The van der Waals surface area contributed by atoms with Crippen LogP contribution in [-0.4, -0.2) is 52.3 Å². The number of para-hydroxylation sites is 1. The number of methoxy groups -OCH3 is 2. The maximum atomic E-state index is 14.2. The molecule has 0 saturated carbocycles. The van der Waals surface area contributed by atoms with Crippen LogP contribution in [0.15, 0.2) is 66.7 Å². The highest BCUT2D eigenvalue weighted by Crippen LogP contribution is 2.36. The van der Waals surface area contributed by atoms with E-state index in [-0.39, 0.29) is 12.3 Å². The van der Waals surface area contributed by atoms with Crippen LogP contribution in [0, 0.1) is 0 Å².